The summed E-state index contributed by atoms with van der Waals surface area (Å²) in [4.78, 5) is 11.8. The first-order chi connectivity index (χ1) is 11.7. The average Bonchev–Trinajstić information content (AvgIpc) is 2.55. The molecule has 25 heavy (non-hydrogen) atoms. The summed E-state index contributed by atoms with van der Waals surface area (Å²) in [6.07, 6.45) is 2.80. The number of halogens is 1. The number of hydrogen-bond acceptors (Lipinski definition) is 4. The van der Waals surface area contributed by atoms with Gasteiger partial charge in [-0.25, -0.2) is 13.2 Å². The predicted octanol–water partition coefficient (Wildman–Crippen LogP) is 3.70. The molecule has 0 unspecified atom stereocenters. The van der Waals surface area contributed by atoms with E-state index in [-0.39, 0.29) is 10.5 Å². The monoisotopic (exact) mass is 378 g/mol. The summed E-state index contributed by atoms with van der Waals surface area (Å²) in [7, 11) is -3.37. The third kappa shape index (κ3) is 4.49. The Kier molecular flexibility index (Phi) is 5.66. The van der Waals surface area contributed by atoms with Crippen molar-refractivity contribution in [3.63, 3.8) is 0 Å². The Morgan fingerprint density at radius 3 is 1.88 bits per heavy atom. The van der Waals surface area contributed by atoms with Gasteiger partial charge >= 0.3 is 5.97 Å². The molecule has 0 saturated heterocycles. The Bertz CT molecular complexity index is 940. The molecular weight excluding hydrogens is 364 g/mol. The maximum absolute atomic E-state index is 11.6. The second kappa shape index (κ2) is 7.55. The maximum atomic E-state index is 11.6. The lowest BCUT2D eigenvalue weighted by Gasteiger charge is -2.12. The van der Waals surface area contributed by atoms with Gasteiger partial charge in [0.2, 0.25) is 0 Å². The van der Waals surface area contributed by atoms with E-state index in [2.05, 4.69) is 0 Å². The number of aliphatic hydroxyl groups excluding tert-OH is 1. The molecule has 0 bridgehead atoms. The number of rotatable bonds is 5. The van der Waals surface area contributed by atoms with Crippen molar-refractivity contribution in [2.45, 2.75) is 4.90 Å². The number of sulfone groups is 1. The first-order valence-corrected chi connectivity index (χ1v) is 9.35. The van der Waals surface area contributed by atoms with Crippen LogP contribution in [0.2, 0.25) is 5.02 Å². The highest BCUT2D eigenvalue weighted by Gasteiger charge is 2.17. The molecule has 0 aliphatic carbocycles. The Morgan fingerprint density at radius 1 is 1.00 bits per heavy atom. The van der Waals surface area contributed by atoms with E-state index in [9.17, 15) is 18.3 Å². The van der Waals surface area contributed by atoms with E-state index in [1.54, 1.807) is 24.3 Å². The first kappa shape index (κ1) is 18.8. The second-order valence-electron chi connectivity index (χ2n) is 5.21. The van der Waals surface area contributed by atoms with Crippen molar-refractivity contribution in [1.29, 1.82) is 0 Å². The van der Waals surface area contributed by atoms with Gasteiger partial charge in [-0.15, -0.1) is 0 Å². The molecule has 2 aromatic carbocycles. The van der Waals surface area contributed by atoms with E-state index in [1.807, 2.05) is 0 Å². The Morgan fingerprint density at radius 2 is 1.48 bits per heavy atom. The van der Waals surface area contributed by atoms with E-state index < -0.39 is 15.8 Å². The number of aliphatic carboxylic acids is 1. The quantitative estimate of drug-likeness (QED) is 0.470. The van der Waals surface area contributed by atoms with Gasteiger partial charge in [0.15, 0.2) is 9.84 Å². The number of carboxylic acids is 1. The van der Waals surface area contributed by atoms with Gasteiger partial charge in [-0.3, -0.25) is 0 Å². The minimum absolute atomic E-state index is 0.126. The number of hydrogen-bond donors (Lipinski definition) is 2. The molecule has 2 aromatic rings. The van der Waals surface area contributed by atoms with Crippen LogP contribution in [0.5, 0.6) is 0 Å². The summed E-state index contributed by atoms with van der Waals surface area (Å²) in [5, 5.41) is 19.0. The van der Waals surface area contributed by atoms with Crippen LogP contribution in [0.25, 0.3) is 5.57 Å². The highest BCUT2D eigenvalue weighted by Crippen LogP contribution is 2.29. The van der Waals surface area contributed by atoms with Gasteiger partial charge in [-0.05, 0) is 41.5 Å². The first-order valence-electron chi connectivity index (χ1n) is 7.09. The second-order valence-corrected chi connectivity index (χ2v) is 7.67. The van der Waals surface area contributed by atoms with Crippen LogP contribution in [0, 0.1) is 0 Å². The minimum Gasteiger partial charge on any atom is -0.516 e. The summed E-state index contributed by atoms with van der Waals surface area (Å²) >= 11 is 5.88. The van der Waals surface area contributed by atoms with Crippen molar-refractivity contribution in [3.8, 4) is 0 Å². The minimum atomic E-state index is -3.37. The molecule has 0 spiro atoms. The van der Waals surface area contributed by atoms with E-state index in [0.717, 1.165) is 12.3 Å². The van der Waals surface area contributed by atoms with Crippen molar-refractivity contribution in [2.75, 3.05) is 6.26 Å². The number of benzene rings is 2. The summed E-state index contributed by atoms with van der Waals surface area (Å²) in [6.45, 7) is 0. The largest absolute Gasteiger partial charge is 0.516 e. The molecular formula is C18H15ClO5S. The molecule has 0 aliphatic rings. The fourth-order valence-electron chi connectivity index (χ4n) is 2.30. The molecule has 0 saturated carbocycles. The fraction of sp³-hybridized carbons (Fsp3) is 0.0556. The highest BCUT2D eigenvalue weighted by atomic mass is 35.5. The van der Waals surface area contributed by atoms with E-state index in [1.165, 1.54) is 24.3 Å². The zero-order valence-corrected chi connectivity index (χ0v) is 14.8. The molecule has 7 heteroatoms. The van der Waals surface area contributed by atoms with Crippen molar-refractivity contribution in [2.24, 2.45) is 0 Å². The standard InChI is InChI=1S/C18H15ClO5S/c1-25(23,24)15-8-4-13(5-9-15)17(16(10-11-20)18(21)22)12-2-6-14(19)7-3-12/h2-11,20H,1H3,(H,21,22)/b11-10-,17-16?. The SMILES string of the molecule is CS(=O)(=O)c1ccc(C(=C(/C=C\O)C(=O)O)c2ccc(Cl)cc2)cc1. The molecule has 0 heterocycles. The molecule has 0 fully saturated rings. The van der Waals surface area contributed by atoms with Crippen molar-refractivity contribution < 1.29 is 23.4 Å². The molecule has 130 valence electrons. The van der Waals surface area contributed by atoms with Crippen molar-refractivity contribution in [1.82, 2.24) is 0 Å². The van der Waals surface area contributed by atoms with Crippen molar-refractivity contribution >= 4 is 33.0 Å². The van der Waals surface area contributed by atoms with E-state index in [4.69, 9.17) is 16.7 Å². The van der Waals surface area contributed by atoms with Crippen LogP contribution in [-0.2, 0) is 14.6 Å². The lowest BCUT2D eigenvalue weighted by atomic mass is 9.93. The molecule has 0 radical (unpaired) electrons. The van der Waals surface area contributed by atoms with Crippen molar-refractivity contribution in [3.05, 3.63) is 82.6 Å². The number of aliphatic hydroxyl groups is 1. The highest BCUT2D eigenvalue weighted by molar-refractivity contribution is 7.90. The summed E-state index contributed by atoms with van der Waals surface area (Å²) in [6, 6.07) is 12.4. The van der Waals surface area contributed by atoms with Gasteiger partial charge in [-0.2, -0.15) is 0 Å². The van der Waals surface area contributed by atoms with Crippen LogP contribution >= 0.6 is 11.6 Å². The lowest BCUT2D eigenvalue weighted by Crippen LogP contribution is -2.04. The molecule has 2 N–H and O–H groups in total. The zero-order chi connectivity index (χ0) is 18.6. The van der Waals surface area contributed by atoms with Gasteiger partial charge in [0.25, 0.3) is 0 Å². The van der Waals surface area contributed by atoms with Gasteiger partial charge in [-0.1, -0.05) is 35.9 Å². The molecule has 0 aromatic heterocycles. The molecule has 0 amide bonds. The van der Waals surface area contributed by atoms with E-state index >= 15 is 0 Å². The van der Waals surface area contributed by atoms with Crippen LogP contribution in [0.1, 0.15) is 11.1 Å². The molecule has 0 aliphatic heterocycles. The summed E-state index contributed by atoms with van der Waals surface area (Å²) in [5.74, 6) is -1.23. The third-order valence-corrected chi connectivity index (χ3v) is 4.83. The van der Waals surface area contributed by atoms with Crippen LogP contribution in [0.4, 0.5) is 0 Å². The van der Waals surface area contributed by atoms with Gasteiger partial charge in [0, 0.05) is 16.9 Å². The van der Waals surface area contributed by atoms with Gasteiger partial charge < -0.3 is 10.2 Å². The zero-order valence-electron chi connectivity index (χ0n) is 13.2. The van der Waals surface area contributed by atoms with Crippen LogP contribution in [-0.4, -0.2) is 30.9 Å². The molecule has 5 nitrogen and oxygen atoms in total. The Hall–Kier alpha value is -2.57. The van der Waals surface area contributed by atoms with Crippen LogP contribution < -0.4 is 0 Å². The van der Waals surface area contributed by atoms with Gasteiger partial charge in [0.1, 0.15) is 0 Å². The third-order valence-electron chi connectivity index (χ3n) is 3.44. The fourth-order valence-corrected chi connectivity index (χ4v) is 3.06. The molecule has 2 rings (SSSR count). The normalized spacial score (nSPS) is 12.9. The van der Waals surface area contributed by atoms with Crippen LogP contribution in [0.15, 0.2) is 71.3 Å². The van der Waals surface area contributed by atoms with Crippen LogP contribution in [0.3, 0.4) is 0 Å². The summed E-state index contributed by atoms with van der Waals surface area (Å²) in [5.41, 5.74) is 1.24. The number of carbonyl (C=O) groups is 1. The lowest BCUT2D eigenvalue weighted by molar-refractivity contribution is -0.132. The summed E-state index contributed by atoms with van der Waals surface area (Å²) < 4.78 is 23.2. The smallest absolute Gasteiger partial charge is 0.336 e. The van der Waals surface area contributed by atoms with Gasteiger partial charge in [0.05, 0.1) is 16.7 Å². The topological polar surface area (TPSA) is 91.7 Å². The Balaban J connectivity index is 2.73. The number of carboxylic acid groups (broad SMARTS) is 1. The maximum Gasteiger partial charge on any atom is 0.336 e. The average molecular weight is 379 g/mol. The molecule has 0 atom stereocenters. The Labute approximate surface area is 150 Å². The predicted molar refractivity (Wildman–Crippen MR) is 96.4 cm³/mol. The van der Waals surface area contributed by atoms with E-state index in [0.29, 0.717) is 28.0 Å².